The molecule has 0 spiro atoms. The first-order valence-corrected chi connectivity index (χ1v) is 7.70. The number of carbonyl (C=O) groups is 2. The van der Waals surface area contributed by atoms with Gasteiger partial charge in [-0.3, -0.25) is 9.78 Å². The monoisotopic (exact) mass is 328 g/mol. The van der Waals surface area contributed by atoms with Crippen molar-refractivity contribution in [3.63, 3.8) is 0 Å². The Hall–Kier alpha value is -2.89. The highest BCUT2D eigenvalue weighted by Gasteiger charge is 2.20. The number of methoxy groups -OCH3 is 1. The molecule has 2 aromatic rings. The molecule has 6 nitrogen and oxygen atoms in total. The van der Waals surface area contributed by atoms with Crippen LogP contribution in [0.2, 0.25) is 0 Å². The fraction of sp³-hybridized carbons (Fsp3) is 0.278. The van der Waals surface area contributed by atoms with Gasteiger partial charge in [-0.2, -0.15) is 0 Å². The van der Waals surface area contributed by atoms with Crippen LogP contribution in [-0.4, -0.2) is 35.1 Å². The van der Waals surface area contributed by atoms with E-state index < -0.39 is 17.9 Å². The standard InChI is InChI=1S/C18H20N2O4/c1-3-6-15(18(22)23)20-17(21)12-8-9-16(24-2)13(11-12)14-7-4-5-10-19-14/h4-5,7-11,15H,3,6H2,1-2H3,(H,20,21)(H,22,23). The minimum Gasteiger partial charge on any atom is -0.496 e. The van der Waals surface area contributed by atoms with Crippen LogP contribution >= 0.6 is 0 Å². The van der Waals surface area contributed by atoms with Gasteiger partial charge in [0.2, 0.25) is 0 Å². The van der Waals surface area contributed by atoms with Crippen LogP contribution in [0.1, 0.15) is 30.1 Å². The van der Waals surface area contributed by atoms with Crippen LogP contribution < -0.4 is 10.1 Å². The number of aromatic nitrogens is 1. The molecule has 0 aliphatic carbocycles. The van der Waals surface area contributed by atoms with Crippen molar-refractivity contribution >= 4 is 11.9 Å². The van der Waals surface area contributed by atoms with E-state index in [9.17, 15) is 14.7 Å². The zero-order chi connectivity index (χ0) is 17.5. The summed E-state index contributed by atoms with van der Waals surface area (Å²) in [6, 6.07) is 9.49. The smallest absolute Gasteiger partial charge is 0.326 e. The molecule has 0 saturated heterocycles. The second kappa shape index (κ2) is 8.10. The van der Waals surface area contributed by atoms with Crippen molar-refractivity contribution in [2.75, 3.05) is 7.11 Å². The van der Waals surface area contributed by atoms with Crippen LogP contribution in [0.5, 0.6) is 5.75 Å². The summed E-state index contributed by atoms with van der Waals surface area (Å²) < 4.78 is 5.33. The minimum absolute atomic E-state index is 0.360. The third-order valence-electron chi connectivity index (χ3n) is 3.58. The number of benzene rings is 1. The summed E-state index contributed by atoms with van der Waals surface area (Å²) in [6.45, 7) is 1.87. The Morgan fingerprint density at radius 3 is 2.67 bits per heavy atom. The van der Waals surface area contributed by atoms with Gasteiger partial charge in [0.1, 0.15) is 11.8 Å². The third-order valence-corrected chi connectivity index (χ3v) is 3.58. The molecule has 1 unspecified atom stereocenters. The summed E-state index contributed by atoms with van der Waals surface area (Å²) in [7, 11) is 1.54. The molecule has 1 aromatic carbocycles. The Morgan fingerprint density at radius 1 is 1.29 bits per heavy atom. The summed E-state index contributed by atoms with van der Waals surface area (Å²) >= 11 is 0. The van der Waals surface area contributed by atoms with Crippen molar-refractivity contribution in [3.8, 4) is 17.0 Å². The number of pyridine rings is 1. The van der Waals surface area contributed by atoms with E-state index in [-0.39, 0.29) is 0 Å². The summed E-state index contributed by atoms with van der Waals surface area (Å²) in [5.41, 5.74) is 1.71. The van der Waals surface area contributed by atoms with Crippen LogP contribution in [0.3, 0.4) is 0 Å². The van der Waals surface area contributed by atoms with Gasteiger partial charge in [0, 0.05) is 17.3 Å². The maximum Gasteiger partial charge on any atom is 0.326 e. The normalized spacial score (nSPS) is 11.6. The van der Waals surface area contributed by atoms with E-state index in [0.717, 1.165) is 0 Å². The highest BCUT2D eigenvalue weighted by Crippen LogP contribution is 2.29. The zero-order valence-corrected chi connectivity index (χ0v) is 13.7. The highest BCUT2D eigenvalue weighted by atomic mass is 16.5. The second-order valence-corrected chi connectivity index (χ2v) is 5.28. The van der Waals surface area contributed by atoms with Gasteiger partial charge in [-0.25, -0.2) is 4.79 Å². The molecule has 1 atom stereocenters. The molecular weight excluding hydrogens is 308 g/mol. The summed E-state index contributed by atoms with van der Waals surface area (Å²) in [6.07, 6.45) is 2.70. The lowest BCUT2D eigenvalue weighted by Gasteiger charge is -2.15. The number of amides is 1. The number of nitrogens with zero attached hydrogens (tertiary/aromatic N) is 1. The lowest BCUT2D eigenvalue weighted by Crippen LogP contribution is -2.40. The zero-order valence-electron chi connectivity index (χ0n) is 13.7. The summed E-state index contributed by atoms with van der Waals surface area (Å²) in [4.78, 5) is 27.9. The molecule has 1 amide bonds. The molecule has 0 radical (unpaired) electrons. The molecule has 24 heavy (non-hydrogen) atoms. The average Bonchev–Trinajstić information content (AvgIpc) is 2.61. The Kier molecular flexibility index (Phi) is 5.89. The highest BCUT2D eigenvalue weighted by molar-refractivity contribution is 5.98. The fourth-order valence-corrected chi connectivity index (χ4v) is 2.36. The Balaban J connectivity index is 2.31. The third kappa shape index (κ3) is 4.10. The van der Waals surface area contributed by atoms with E-state index in [1.54, 1.807) is 37.6 Å². The number of carbonyl (C=O) groups excluding carboxylic acids is 1. The van der Waals surface area contributed by atoms with Crippen LogP contribution in [-0.2, 0) is 4.79 Å². The number of nitrogens with one attached hydrogen (secondary N) is 1. The van der Waals surface area contributed by atoms with Crippen LogP contribution in [0.15, 0.2) is 42.6 Å². The van der Waals surface area contributed by atoms with Gasteiger partial charge in [0.15, 0.2) is 0 Å². The van der Waals surface area contributed by atoms with Gasteiger partial charge in [-0.15, -0.1) is 0 Å². The number of hydrogen-bond donors (Lipinski definition) is 2. The van der Waals surface area contributed by atoms with Gasteiger partial charge in [0.25, 0.3) is 5.91 Å². The maximum absolute atomic E-state index is 12.4. The molecule has 0 fully saturated rings. The molecule has 0 bridgehead atoms. The predicted octanol–water partition coefficient (Wildman–Crippen LogP) is 2.74. The average molecular weight is 328 g/mol. The van der Waals surface area contributed by atoms with E-state index in [1.807, 2.05) is 19.1 Å². The van der Waals surface area contributed by atoms with Crippen molar-refractivity contribution in [1.29, 1.82) is 0 Å². The van der Waals surface area contributed by atoms with Gasteiger partial charge in [-0.05, 0) is 36.8 Å². The lowest BCUT2D eigenvalue weighted by atomic mass is 10.0. The molecule has 0 saturated carbocycles. The number of rotatable bonds is 7. The number of hydrogen-bond acceptors (Lipinski definition) is 4. The first kappa shape index (κ1) is 17.5. The van der Waals surface area contributed by atoms with E-state index in [1.165, 1.54) is 0 Å². The van der Waals surface area contributed by atoms with Crippen molar-refractivity contribution < 1.29 is 19.4 Å². The van der Waals surface area contributed by atoms with Crippen LogP contribution in [0.4, 0.5) is 0 Å². The Labute approximate surface area is 140 Å². The van der Waals surface area contributed by atoms with E-state index in [2.05, 4.69) is 10.3 Å². The Bertz CT molecular complexity index is 716. The lowest BCUT2D eigenvalue weighted by molar-refractivity contribution is -0.139. The number of ether oxygens (including phenoxy) is 1. The topological polar surface area (TPSA) is 88.5 Å². The number of carboxylic acid groups (broad SMARTS) is 1. The summed E-state index contributed by atoms with van der Waals surface area (Å²) in [5, 5.41) is 11.7. The molecule has 0 aliphatic heterocycles. The second-order valence-electron chi connectivity index (χ2n) is 5.28. The van der Waals surface area contributed by atoms with Crippen molar-refractivity contribution in [2.24, 2.45) is 0 Å². The minimum atomic E-state index is -1.04. The van der Waals surface area contributed by atoms with Gasteiger partial charge in [0.05, 0.1) is 12.8 Å². The molecule has 126 valence electrons. The van der Waals surface area contributed by atoms with Crippen molar-refractivity contribution in [2.45, 2.75) is 25.8 Å². The Morgan fingerprint density at radius 2 is 2.08 bits per heavy atom. The fourth-order valence-electron chi connectivity index (χ4n) is 2.36. The van der Waals surface area contributed by atoms with Crippen LogP contribution in [0.25, 0.3) is 11.3 Å². The molecule has 2 rings (SSSR count). The first-order chi connectivity index (χ1) is 11.6. The van der Waals surface area contributed by atoms with Crippen LogP contribution in [0, 0.1) is 0 Å². The maximum atomic E-state index is 12.4. The predicted molar refractivity (Wildman–Crippen MR) is 90.0 cm³/mol. The molecule has 1 aromatic heterocycles. The van der Waals surface area contributed by atoms with E-state index in [4.69, 9.17) is 4.74 Å². The van der Waals surface area contributed by atoms with Gasteiger partial charge in [-0.1, -0.05) is 19.4 Å². The quantitative estimate of drug-likeness (QED) is 0.816. The first-order valence-electron chi connectivity index (χ1n) is 7.70. The molecular formula is C18H20N2O4. The van der Waals surface area contributed by atoms with E-state index >= 15 is 0 Å². The number of carboxylic acids is 1. The summed E-state index contributed by atoms with van der Waals surface area (Å²) in [5.74, 6) is -0.882. The molecule has 0 aliphatic rings. The van der Waals surface area contributed by atoms with E-state index in [0.29, 0.717) is 35.4 Å². The van der Waals surface area contributed by atoms with Crippen molar-refractivity contribution in [1.82, 2.24) is 10.3 Å². The van der Waals surface area contributed by atoms with Crippen molar-refractivity contribution in [3.05, 3.63) is 48.2 Å². The molecule has 1 heterocycles. The number of aliphatic carboxylic acids is 1. The molecule has 6 heteroatoms. The van der Waals surface area contributed by atoms with Gasteiger partial charge >= 0.3 is 5.97 Å². The largest absolute Gasteiger partial charge is 0.496 e. The van der Waals surface area contributed by atoms with Gasteiger partial charge < -0.3 is 15.2 Å². The SMILES string of the molecule is CCCC(NC(=O)c1ccc(OC)c(-c2ccccn2)c1)C(=O)O. The molecule has 2 N–H and O–H groups in total.